The Kier molecular flexibility index (Phi) is 5.61. The first-order valence-corrected chi connectivity index (χ1v) is 7.49. The summed E-state index contributed by atoms with van der Waals surface area (Å²) < 4.78 is 0. The van der Waals surface area contributed by atoms with Gasteiger partial charge in [0, 0.05) is 51.8 Å². The number of rotatable bonds is 2. The lowest BCUT2D eigenvalue weighted by atomic mass is 10.1. The van der Waals surface area contributed by atoms with E-state index in [1.165, 1.54) is 11.3 Å². The lowest BCUT2D eigenvalue weighted by molar-refractivity contribution is 0.311. The van der Waals surface area contributed by atoms with E-state index in [0.717, 1.165) is 63.9 Å². The molecule has 0 aromatic carbocycles. The van der Waals surface area contributed by atoms with Crippen molar-refractivity contribution >= 4 is 24.2 Å². The maximum absolute atomic E-state index is 4.85. The van der Waals surface area contributed by atoms with Crippen LogP contribution in [0.5, 0.6) is 0 Å². The summed E-state index contributed by atoms with van der Waals surface area (Å²) in [7, 11) is 4.12. The molecule has 0 amide bonds. The van der Waals surface area contributed by atoms with Crippen LogP contribution in [0.3, 0.4) is 0 Å². The monoisotopic (exact) mass is 312 g/mol. The van der Waals surface area contributed by atoms with Crippen LogP contribution in [-0.2, 0) is 12.8 Å². The van der Waals surface area contributed by atoms with Crippen molar-refractivity contribution in [2.24, 2.45) is 0 Å². The van der Waals surface area contributed by atoms with Gasteiger partial charge in [-0.1, -0.05) is 0 Å². The molecule has 1 aromatic rings. The summed E-state index contributed by atoms with van der Waals surface area (Å²) in [4.78, 5) is 14.3. The second kappa shape index (κ2) is 7.24. The first kappa shape index (κ1) is 16.3. The fourth-order valence-electron chi connectivity index (χ4n) is 2.89. The van der Waals surface area contributed by atoms with Gasteiger partial charge in [-0.25, -0.2) is 4.98 Å². The quantitative estimate of drug-likeness (QED) is 0.823. The third-order valence-corrected chi connectivity index (χ3v) is 4.19. The summed E-state index contributed by atoms with van der Waals surface area (Å²) in [5, 5.41) is 6.69. The Hall–Kier alpha value is -1.11. The van der Waals surface area contributed by atoms with Crippen LogP contribution in [0, 0.1) is 0 Å². The molecule has 2 aliphatic rings. The zero-order valence-electron chi connectivity index (χ0n) is 12.9. The van der Waals surface area contributed by atoms with Crippen LogP contribution in [0.1, 0.15) is 11.3 Å². The van der Waals surface area contributed by atoms with E-state index in [0.29, 0.717) is 0 Å². The summed E-state index contributed by atoms with van der Waals surface area (Å²) in [6, 6.07) is 0. The highest BCUT2D eigenvalue weighted by atomic mass is 35.5. The molecule has 7 heteroatoms. The number of halogens is 1. The number of hydrogen-bond acceptors (Lipinski definition) is 6. The minimum Gasteiger partial charge on any atom is -0.373 e. The van der Waals surface area contributed by atoms with Gasteiger partial charge >= 0.3 is 0 Å². The Morgan fingerprint density at radius 1 is 1.05 bits per heavy atom. The number of nitrogens with zero attached hydrogens (tertiary/aromatic N) is 4. The summed E-state index contributed by atoms with van der Waals surface area (Å²) in [6.07, 6.45) is 2.00. The normalized spacial score (nSPS) is 19.4. The lowest BCUT2D eigenvalue weighted by Crippen LogP contribution is -2.45. The molecule has 0 spiro atoms. The van der Waals surface area contributed by atoms with Crippen LogP contribution in [-0.4, -0.2) is 68.2 Å². The number of nitrogens with one attached hydrogen (secondary N) is 2. The van der Waals surface area contributed by atoms with E-state index >= 15 is 0 Å². The first-order valence-electron chi connectivity index (χ1n) is 7.49. The van der Waals surface area contributed by atoms with Gasteiger partial charge in [0.2, 0.25) is 5.95 Å². The lowest BCUT2D eigenvalue weighted by Gasteiger charge is -2.33. The highest BCUT2D eigenvalue weighted by Crippen LogP contribution is 2.23. The van der Waals surface area contributed by atoms with Crippen molar-refractivity contribution in [2.75, 3.05) is 63.6 Å². The van der Waals surface area contributed by atoms with Gasteiger partial charge in [0.15, 0.2) is 0 Å². The Balaban J connectivity index is 0.00000161. The van der Waals surface area contributed by atoms with Crippen LogP contribution in [0.4, 0.5) is 11.8 Å². The smallest absolute Gasteiger partial charge is 0.227 e. The van der Waals surface area contributed by atoms with E-state index in [2.05, 4.69) is 27.5 Å². The predicted octanol–water partition coefficient (Wildman–Crippen LogP) is 0.380. The van der Waals surface area contributed by atoms with Gasteiger partial charge in [-0.3, -0.25) is 0 Å². The average molecular weight is 313 g/mol. The topological polar surface area (TPSA) is 56.3 Å². The molecule has 0 unspecified atom stereocenters. The largest absolute Gasteiger partial charge is 0.373 e. The molecule has 0 bridgehead atoms. The standard InChI is InChI=1S/C14H24N6.ClH/c1-15-13-11-3-5-16-6-4-12(11)17-14(18-13)20-9-7-19(2)8-10-20;/h16H,3-10H2,1-2H3,(H,15,17,18);1H. The molecule has 1 aromatic heterocycles. The van der Waals surface area contributed by atoms with Crippen molar-refractivity contribution in [3.63, 3.8) is 0 Å². The van der Waals surface area contributed by atoms with E-state index in [1.54, 1.807) is 0 Å². The molecule has 2 aliphatic heterocycles. The SMILES string of the molecule is CNc1nc(N2CCN(C)CC2)nc2c1CCNCC2.Cl. The molecule has 0 radical (unpaired) electrons. The molecule has 1 fully saturated rings. The molecule has 1 saturated heterocycles. The van der Waals surface area contributed by atoms with Crippen LogP contribution in [0.15, 0.2) is 0 Å². The molecule has 6 nitrogen and oxygen atoms in total. The number of likely N-dealkylation sites (N-methyl/N-ethyl adjacent to an activating group) is 1. The molecule has 2 N–H and O–H groups in total. The van der Waals surface area contributed by atoms with Gasteiger partial charge in [-0.2, -0.15) is 4.98 Å². The minimum absolute atomic E-state index is 0. The third kappa shape index (κ3) is 3.56. The molecule has 0 saturated carbocycles. The van der Waals surface area contributed by atoms with Crippen LogP contribution in [0.2, 0.25) is 0 Å². The number of aromatic nitrogens is 2. The minimum atomic E-state index is 0. The van der Waals surface area contributed by atoms with Crippen LogP contribution in [0.25, 0.3) is 0 Å². The van der Waals surface area contributed by atoms with E-state index in [4.69, 9.17) is 9.97 Å². The van der Waals surface area contributed by atoms with Gasteiger partial charge in [0.25, 0.3) is 0 Å². The van der Waals surface area contributed by atoms with Gasteiger partial charge in [-0.15, -0.1) is 12.4 Å². The molecule has 118 valence electrons. The molecule has 21 heavy (non-hydrogen) atoms. The fourth-order valence-corrected chi connectivity index (χ4v) is 2.89. The Labute approximate surface area is 132 Å². The number of hydrogen-bond donors (Lipinski definition) is 2. The summed E-state index contributed by atoms with van der Waals surface area (Å²) in [5.41, 5.74) is 2.50. The molecule has 3 rings (SSSR count). The van der Waals surface area contributed by atoms with Crippen molar-refractivity contribution in [1.82, 2.24) is 20.2 Å². The molecule has 0 atom stereocenters. The number of piperazine rings is 1. The van der Waals surface area contributed by atoms with Crippen molar-refractivity contribution in [3.8, 4) is 0 Å². The second-order valence-electron chi connectivity index (χ2n) is 5.59. The molecule has 0 aliphatic carbocycles. The summed E-state index contributed by atoms with van der Waals surface area (Å²) in [6.45, 7) is 6.20. The fraction of sp³-hybridized carbons (Fsp3) is 0.714. The highest BCUT2D eigenvalue weighted by Gasteiger charge is 2.21. The maximum Gasteiger partial charge on any atom is 0.227 e. The van der Waals surface area contributed by atoms with E-state index in [1.807, 2.05) is 7.05 Å². The zero-order valence-corrected chi connectivity index (χ0v) is 13.7. The summed E-state index contributed by atoms with van der Waals surface area (Å²) in [5.74, 6) is 1.90. The van der Waals surface area contributed by atoms with Gasteiger partial charge < -0.3 is 20.4 Å². The van der Waals surface area contributed by atoms with Crippen molar-refractivity contribution in [1.29, 1.82) is 0 Å². The van der Waals surface area contributed by atoms with Gasteiger partial charge in [0.1, 0.15) is 5.82 Å². The van der Waals surface area contributed by atoms with Crippen molar-refractivity contribution in [2.45, 2.75) is 12.8 Å². The predicted molar refractivity (Wildman–Crippen MR) is 88.8 cm³/mol. The number of anilines is 2. The second-order valence-corrected chi connectivity index (χ2v) is 5.59. The Morgan fingerprint density at radius 3 is 2.48 bits per heavy atom. The van der Waals surface area contributed by atoms with Crippen molar-refractivity contribution in [3.05, 3.63) is 11.3 Å². The van der Waals surface area contributed by atoms with Crippen LogP contribution < -0.4 is 15.5 Å². The third-order valence-electron chi connectivity index (χ3n) is 4.19. The van der Waals surface area contributed by atoms with Gasteiger partial charge in [-0.05, 0) is 20.0 Å². The molecular formula is C14H25ClN6. The van der Waals surface area contributed by atoms with E-state index in [-0.39, 0.29) is 12.4 Å². The number of fused-ring (bicyclic) bond motifs is 1. The molecule has 3 heterocycles. The Bertz CT molecular complexity index is 473. The maximum atomic E-state index is 4.85. The highest BCUT2D eigenvalue weighted by molar-refractivity contribution is 5.85. The zero-order chi connectivity index (χ0) is 13.9. The van der Waals surface area contributed by atoms with Crippen LogP contribution >= 0.6 is 12.4 Å². The summed E-state index contributed by atoms with van der Waals surface area (Å²) >= 11 is 0. The Morgan fingerprint density at radius 2 is 1.76 bits per heavy atom. The average Bonchev–Trinajstić information content (AvgIpc) is 2.72. The van der Waals surface area contributed by atoms with Crippen molar-refractivity contribution < 1.29 is 0 Å². The van der Waals surface area contributed by atoms with E-state index in [9.17, 15) is 0 Å². The van der Waals surface area contributed by atoms with Gasteiger partial charge in [0.05, 0.1) is 5.69 Å². The van der Waals surface area contributed by atoms with E-state index < -0.39 is 0 Å². The molecular weight excluding hydrogens is 288 g/mol. The first-order chi connectivity index (χ1) is 9.78.